The molecule has 0 radical (unpaired) electrons. The Bertz CT molecular complexity index is 313. The van der Waals surface area contributed by atoms with Crippen LogP contribution in [0.2, 0.25) is 0 Å². The minimum Gasteiger partial charge on any atom is -0.417 e. The number of carbonyl (C=O) groups excluding carboxylic acids is 1. The van der Waals surface area contributed by atoms with Crippen molar-refractivity contribution in [2.45, 2.75) is 12.5 Å². The predicted molar refractivity (Wildman–Crippen MR) is 40.1 cm³/mol. The second-order valence-electron chi connectivity index (χ2n) is 2.11. The number of terminal acetylenes is 1. The highest BCUT2D eigenvalue weighted by Gasteiger charge is 2.12. The van der Waals surface area contributed by atoms with Gasteiger partial charge in [0.25, 0.3) is 5.89 Å². The van der Waals surface area contributed by atoms with Crippen molar-refractivity contribution >= 4 is 6.29 Å². The van der Waals surface area contributed by atoms with Crippen LogP contribution in [0.5, 0.6) is 0 Å². The molecule has 0 saturated carbocycles. The zero-order chi connectivity index (χ0) is 8.97. The van der Waals surface area contributed by atoms with Gasteiger partial charge in [-0.25, -0.2) is 0 Å². The Morgan fingerprint density at radius 3 is 3.00 bits per heavy atom. The molecule has 0 spiro atoms. The topological polar surface area (TPSA) is 82.0 Å². The molecule has 0 bridgehead atoms. The average Bonchev–Trinajstić information content (AvgIpc) is 2.52. The summed E-state index contributed by atoms with van der Waals surface area (Å²) in [4.78, 5) is 10.1. The summed E-state index contributed by atoms with van der Waals surface area (Å²) in [7, 11) is 0. The summed E-state index contributed by atoms with van der Waals surface area (Å²) >= 11 is 0. The number of hydrogen-bond donors (Lipinski definition) is 1. The maximum atomic E-state index is 10.1. The van der Waals surface area contributed by atoms with Gasteiger partial charge < -0.3 is 10.2 Å². The zero-order valence-corrected chi connectivity index (χ0v) is 6.23. The molecule has 1 aromatic rings. The van der Waals surface area contributed by atoms with E-state index in [4.69, 9.17) is 16.6 Å². The summed E-state index contributed by atoms with van der Waals surface area (Å²) in [6, 6.07) is -0.490. The van der Waals surface area contributed by atoms with Gasteiger partial charge in [-0.3, -0.25) is 4.79 Å². The van der Waals surface area contributed by atoms with Gasteiger partial charge in [-0.2, -0.15) is 0 Å². The second kappa shape index (κ2) is 3.64. The van der Waals surface area contributed by atoms with Crippen LogP contribution in [0.15, 0.2) is 4.42 Å². The van der Waals surface area contributed by atoms with Crippen LogP contribution in [0.3, 0.4) is 0 Å². The van der Waals surface area contributed by atoms with E-state index in [1.165, 1.54) is 0 Å². The summed E-state index contributed by atoms with van der Waals surface area (Å²) in [5.41, 5.74) is 5.52. The maximum Gasteiger partial charge on any atom is 0.280 e. The monoisotopic (exact) mass is 165 g/mol. The van der Waals surface area contributed by atoms with Gasteiger partial charge in [-0.05, 0) is 0 Å². The number of carbonyl (C=O) groups is 1. The number of nitrogens with zero attached hydrogens (tertiary/aromatic N) is 2. The summed E-state index contributed by atoms with van der Waals surface area (Å²) in [5.74, 6) is 2.46. The average molecular weight is 165 g/mol. The fourth-order valence-electron chi connectivity index (χ4n) is 0.658. The maximum absolute atomic E-state index is 10.1. The molecule has 1 aromatic heterocycles. The summed E-state index contributed by atoms with van der Waals surface area (Å²) in [6.45, 7) is 0. The van der Waals surface area contributed by atoms with Crippen molar-refractivity contribution in [1.82, 2.24) is 10.2 Å². The zero-order valence-electron chi connectivity index (χ0n) is 6.23. The molecule has 1 rings (SSSR count). The molecule has 1 unspecified atom stereocenters. The summed E-state index contributed by atoms with van der Waals surface area (Å²) < 4.78 is 4.84. The van der Waals surface area contributed by atoms with Crippen LogP contribution in [0.25, 0.3) is 0 Å². The molecule has 1 heterocycles. The lowest BCUT2D eigenvalue weighted by molar-refractivity contribution is 0.109. The van der Waals surface area contributed by atoms with Gasteiger partial charge >= 0.3 is 0 Å². The van der Waals surface area contributed by atoms with Crippen molar-refractivity contribution in [2.24, 2.45) is 5.73 Å². The molecule has 2 N–H and O–H groups in total. The number of rotatable bonds is 3. The molecular weight excluding hydrogens is 158 g/mol. The lowest BCUT2D eigenvalue weighted by Gasteiger charge is -1.98. The smallest absolute Gasteiger partial charge is 0.280 e. The molecule has 0 fully saturated rings. The third-order valence-corrected chi connectivity index (χ3v) is 1.21. The van der Waals surface area contributed by atoms with E-state index in [0.29, 0.717) is 12.7 Å². The lowest BCUT2D eigenvalue weighted by atomic mass is 10.2. The van der Waals surface area contributed by atoms with E-state index < -0.39 is 6.04 Å². The summed E-state index contributed by atoms with van der Waals surface area (Å²) in [6.07, 6.45) is 5.78. The third kappa shape index (κ3) is 1.68. The van der Waals surface area contributed by atoms with E-state index in [1.54, 1.807) is 0 Å². The Labute approximate surface area is 69.0 Å². The van der Waals surface area contributed by atoms with Crippen molar-refractivity contribution < 1.29 is 9.21 Å². The second-order valence-corrected chi connectivity index (χ2v) is 2.11. The van der Waals surface area contributed by atoms with E-state index in [0.717, 1.165) is 0 Å². The fourth-order valence-corrected chi connectivity index (χ4v) is 0.658. The van der Waals surface area contributed by atoms with Crippen LogP contribution in [0, 0.1) is 12.3 Å². The van der Waals surface area contributed by atoms with Gasteiger partial charge in [-0.15, -0.1) is 22.5 Å². The standard InChI is InChI=1S/C7H7N3O2/c1-2-3-5(8)7-10-9-6(4-11)12-7/h1,4-5H,3,8H2. The number of hydrogen-bond acceptors (Lipinski definition) is 5. The number of aromatic nitrogens is 2. The molecule has 0 aliphatic carbocycles. The van der Waals surface area contributed by atoms with Crippen LogP contribution < -0.4 is 5.73 Å². The Morgan fingerprint density at radius 2 is 2.50 bits per heavy atom. The van der Waals surface area contributed by atoms with Crippen molar-refractivity contribution in [1.29, 1.82) is 0 Å². The molecule has 0 saturated heterocycles. The van der Waals surface area contributed by atoms with Crippen molar-refractivity contribution in [3.05, 3.63) is 11.8 Å². The van der Waals surface area contributed by atoms with Crippen LogP contribution in [0.1, 0.15) is 29.0 Å². The fraction of sp³-hybridized carbons (Fsp3) is 0.286. The molecule has 5 nitrogen and oxygen atoms in total. The predicted octanol–water partition coefficient (Wildman–Crippen LogP) is -0.0948. The van der Waals surface area contributed by atoms with Crippen LogP contribution >= 0.6 is 0 Å². The molecule has 0 aromatic carbocycles. The molecule has 5 heteroatoms. The van der Waals surface area contributed by atoms with Gasteiger partial charge in [0.2, 0.25) is 12.2 Å². The van der Waals surface area contributed by atoms with Gasteiger partial charge in [0.15, 0.2) is 0 Å². The van der Waals surface area contributed by atoms with E-state index >= 15 is 0 Å². The van der Waals surface area contributed by atoms with Crippen molar-refractivity contribution in [3.8, 4) is 12.3 Å². The minimum atomic E-state index is -0.490. The minimum absolute atomic E-state index is 0.0857. The van der Waals surface area contributed by atoms with Crippen molar-refractivity contribution in [2.75, 3.05) is 0 Å². The van der Waals surface area contributed by atoms with E-state index in [2.05, 4.69) is 16.1 Å². The van der Waals surface area contributed by atoms with E-state index in [-0.39, 0.29) is 11.8 Å². The van der Waals surface area contributed by atoms with E-state index in [1.807, 2.05) is 0 Å². The first-order valence-electron chi connectivity index (χ1n) is 3.25. The number of nitrogens with two attached hydrogens (primary N) is 1. The van der Waals surface area contributed by atoms with Crippen LogP contribution in [-0.4, -0.2) is 16.5 Å². The molecule has 0 aliphatic rings. The first kappa shape index (κ1) is 8.43. The Balaban J connectivity index is 2.75. The van der Waals surface area contributed by atoms with Gasteiger partial charge in [0.1, 0.15) is 0 Å². The van der Waals surface area contributed by atoms with Crippen molar-refractivity contribution in [3.63, 3.8) is 0 Å². The van der Waals surface area contributed by atoms with Gasteiger partial charge in [0, 0.05) is 6.42 Å². The Morgan fingerprint density at radius 1 is 1.75 bits per heavy atom. The SMILES string of the molecule is C#CCC(N)c1nnc(C=O)o1. The van der Waals surface area contributed by atoms with Gasteiger partial charge in [0.05, 0.1) is 6.04 Å². The van der Waals surface area contributed by atoms with E-state index in [9.17, 15) is 4.79 Å². The van der Waals surface area contributed by atoms with Crippen LogP contribution in [0.4, 0.5) is 0 Å². The number of aldehydes is 1. The van der Waals surface area contributed by atoms with Gasteiger partial charge in [-0.1, -0.05) is 0 Å². The molecule has 62 valence electrons. The normalized spacial score (nSPS) is 12.0. The first-order chi connectivity index (χ1) is 5.77. The highest BCUT2D eigenvalue weighted by atomic mass is 16.4. The molecule has 12 heavy (non-hydrogen) atoms. The quantitative estimate of drug-likeness (QED) is 0.499. The van der Waals surface area contributed by atoms with Crippen LogP contribution in [-0.2, 0) is 0 Å². The molecular formula is C7H7N3O2. The lowest BCUT2D eigenvalue weighted by Crippen LogP contribution is -2.09. The molecule has 0 aliphatic heterocycles. The molecule has 1 atom stereocenters. The molecule has 0 amide bonds. The Kier molecular flexibility index (Phi) is 2.56. The Hall–Kier alpha value is -1.67. The largest absolute Gasteiger partial charge is 0.417 e. The third-order valence-electron chi connectivity index (χ3n) is 1.21. The first-order valence-corrected chi connectivity index (χ1v) is 3.25. The summed E-state index contributed by atoms with van der Waals surface area (Å²) in [5, 5.41) is 6.94. The highest BCUT2D eigenvalue weighted by Crippen LogP contribution is 2.10. The highest BCUT2D eigenvalue weighted by molar-refractivity contribution is 5.66.